The zero-order chi connectivity index (χ0) is 8.97. The number of hydrogen-bond donors (Lipinski definition) is 1. The molecule has 0 atom stereocenters. The smallest absolute Gasteiger partial charge is 0.335 e. The minimum absolute atomic E-state index is 0.171. The largest absolute Gasteiger partial charge is 0.478 e. The molecule has 0 aliphatic carbocycles. The fraction of sp³-hybridized carbons (Fsp3) is 0.125. The highest BCUT2D eigenvalue weighted by Gasteiger charge is 2.03. The third kappa shape index (κ3) is 1.96. The van der Waals surface area contributed by atoms with E-state index in [1.54, 1.807) is 12.1 Å². The van der Waals surface area contributed by atoms with Gasteiger partial charge in [-0.1, -0.05) is 6.07 Å². The van der Waals surface area contributed by atoms with Crippen LogP contribution in [-0.4, -0.2) is 18.2 Å². The van der Waals surface area contributed by atoms with Crippen LogP contribution in [0.2, 0.25) is 0 Å². The number of hydrogen-bond acceptors (Lipinski definition) is 3. The van der Waals surface area contributed by atoms with E-state index in [4.69, 9.17) is 5.11 Å². The summed E-state index contributed by atoms with van der Waals surface area (Å²) in [6.07, 6.45) is 0. The predicted octanol–water partition coefficient (Wildman–Crippen LogP) is 1.32. The molecule has 64 valence electrons. The molecule has 0 saturated carbocycles. The first-order chi connectivity index (χ1) is 5.74. The van der Waals surface area contributed by atoms with Crippen molar-refractivity contribution in [2.45, 2.75) is 0 Å². The van der Waals surface area contributed by atoms with E-state index in [1.807, 2.05) is 0 Å². The molecule has 1 aromatic carbocycles. The second-order valence-electron chi connectivity index (χ2n) is 2.08. The Morgan fingerprint density at radius 2 is 2.25 bits per heavy atom. The van der Waals surface area contributed by atoms with Crippen LogP contribution in [0.4, 0.5) is 0 Å². The molecule has 0 aromatic heterocycles. The molecule has 0 radical (unpaired) electrons. The third-order valence-corrected chi connectivity index (χ3v) is 1.26. The van der Waals surface area contributed by atoms with Crippen molar-refractivity contribution in [3.05, 3.63) is 29.8 Å². The molecule has 12 heavy (non-hydrogen) atoms. The van der Waals surface area contributed by atoms with Crippen LogP contribution in [0.1, 0.15) is 10.4 Å². The summed E-state index contributed by atoms with van der Waals surface area (Å²) in [6, 6.07) is 6.05. The van der Waals surface area contributed by atoms with E-state index in [9.17, 15) is 4.79 Å². The number of aromatic carboxylic acids is 1. The predicted molar refractivity (Wildman–Crippen MR) is 41.0 cm³/mol. The summed E-state index contributed by atoms with van der Waals surface area (Å²) < 4.78 is 0. The second kappa shape index (κ2) is 3.73. The normalized spacial score (nSPS) is 9.42. The van der Waals surface area contributed by atoms with Crippen LogP contribution in [0.5, 0.6) is 5.75 Å². The van der Waals surface area contributed by atoms with E-state index in [1.165, 1.54) is 19.2 Å². The van der Waals surface area contributed by atoms with E-state index in [0.29, 0.717) is 5.75 Å². The Bertz CT molecular complexity index is 282. The first kappa shape index (κ1) is 8.55. The Balaban J connectivity index is 2.88. The molecule has 1 rings (SSSR count). The maximum Gasteiger partial charge on any atom is 0.335 e. The number of carbonyl (C=O) groups is 1. The number of carboxylic acids is 1. The van der Waals surface area contributed by atoms with Gasteiger partial charge >= 0.3 is 5.97 Å². The standard InChI is InChI=1S/C8H8O4/c1-11-12-7-4-2-3-6(5-7)8(9)10/h2-5H,1H3,(H,9,10). The Labute approximate surface area is 69.3 Å². The molecule has 0 saturated heterocycles. The molecular weight excluding hydrogens is 160 g/mol. The van der Waals surface area contributed by atoms with Gasteiger partial charge in [-0.15, -0.1) is 0 Å². The lowest BCUT2D eigenvalue weighted by molar-refractivity contribution is -0.178. The molecular formula is C8H8O4. The summed E-state index contributed by atoms with van der Waals surface area (Å²) in [7, 11) is 1.35. The van der Waals surface area contributed by atoms with E-state index < -0.39 is 5.97 Å². The van der Waals surface area contributed by atoms with Crippen molar-refractivity contribution in [3.8, 4) is 5.75 Å². The van der Waals surface area contributed by atoms with Crippen molar-refractivity contribution < 1.29 is 19.7 Å². The van der Waals surface area contributed by atoms with Crippen LogP contribution in [0.3, 0.4) is 0 Å². The van der Waals surface area contributed by atoms with Gasteiger partial charge in [0.25, 0.3) is 0 Å². The Morgan fingerprint density at radius 1 is 1.50 bits per heavy atom. The molecule has 1 aromatic rings. The fourth-order valence-corrected chi connectivity index (χ4v) is 0.777. The highest BCUT2D eigenvalue weighted by atomic mass is 17.2. The van der Waals surface area contributed by atoms with Crippen molar-refractivity contribution in [3.63, 3.8) is 0 Å². The molecule has 0 bridgehead atoms. The molecule has 0 aliphatic heterocycles. The molecule has 1 N–H and O–H groups in total. The zero-order valence-electron chi connectivity index (χ0n) is 6.48. The average Bonchev–Trinajstić information content (AvgIpc) is 2.05. The molecule has 0 heterocycles. The van der Waals surface area contributed by atoms with Crippen molar-refractivity contribution >= 4 is 5.97 Å². The Morgan fingerprint density at radius 3 is 2.83 bits per heavy atom. The molecule has 0 fully saturated rings. The van der Waals surface area contributed by atoms with Crippen LogP contribution >= 0.6 is 0 Å². The van der Waals surface area contributed by atoms with Crippen LogP contribution < -0.4 is 4.89 Å². The SMILES string of the molecule is COOc1cccc(C(=O)O)c1. The van der Waals surface area contributed by atoms with Gasteiger partial charge in [0.2, 0.25) is 0 Å². The van der Waals surface area contributed by atoms with Gasteiger partial charge in [-0.25, -0.2) is 4.79 Å². The van der Waals surface area contributed by atoms with Crippen LogP contribution in [0, 0.1) is 0 Å². The van der Waals surface area contributed by atoms with Crippen LogP contribution in [-0.2, 0) is 4.89 Å². The maximum absolute atomic E-state index is 10.5. The molecule has 0 unspecified atom stereocenters. The van der Waals surface area contributed by atoms with Crippen molar-refractivity contribution in [1.29, 1.82) is 0 Å². The Hall–Kier alpha value is -1.55. The first-order valence-electron chi connectivity index (χ1n) is 3.28. The highest BCUT2D eigenvalue weighted by Crippen LogP contribution is 2.12. The lowest BCUT2D eigenvalue weighted by atomic mass is 10.2. The maximum atomic E-state index is 10.5. The summed E-state index contributed by atoms with van der Waals surface area (Å²) in [4.78, 5) is 19.5. The summed E-state index contributed by atoms with van der Waals surface area (Å²) >= 11 is 0. The average molecular weight is 168 g/mol. The van der Waals surface area contributed by atoms with Crippen LogP contribution in [0.25, 0.3) is 0 Å². The van der Waals surface area contributed by atoms with Crippen molar-refractivity contribution in [2.24, 2.45) is 0 Å². The lowest BCUT2D eigenvalue weighted by Crippen LogP contribution is -1.97. The van der Waals surface area contributed by atoms with Gasteiger partial charge in [0.15, 0.2) is 5.75 Å². The summed E-state index contributed by atoms with van der Waals surface area (Å²) in [6.45, 7) is 0. The number of benzene rings is 1. The van der Waals surface area contributed by atoms with E-state index in [2.05, 4.69) is 9.78 Å². The minimum Gasteiger partial charge on any atom is -0.478 e. The number of rotatable bonds is 3. The van der Waals surface area contributed by atoms with Crippen molar-refractivity contribution in [1.82, 2.24) is 0 Å². The number of carboxylic acid groups (broad SMARTS) is 1. The first-order valence-corrected chi connectivity index (χ1v) is 3.28. The molecule has 4 heteroatoms. The van der Waals surface area contributed by atoms with Gasteiger partial charge in [0.1, 0.15) is 0 Å². The molecule has 4 nitrogen and oxygen atoms in total. The molecule has 0 amide bonds. The summed E-state index contributed by atoms with van der Waals surface area (Å²) in [5, 5.41) is 8.58. The summed E-state index contributed by atoms with van der Waals surface area (Å²) in [5.74, 6) is -0.617. The van der Waals surface area contributed by atoms with Gasteiger partial charge in [0.05, 0.1) is 12.7 Å². The fourth-order valence-electron chi connectivity index (χ4n) is 0.777. The summed E-state index contributed by atoms with van der Waals surface area (Å²) in [5.41, 5.74) is 0.171. The van der Waals surface area contributed by atoms with Gasteiger partial charge in [-0.2, -0.15) is 4.89 Å². The second-order valence-corrected chi connectivity index (χ2v) is 2.08. The quantitative estimate of drug-likeness (QED) is 0.546. The molecule has 0 aliphatic rings. The minimum atomic E-state index is -0.989. The topological polar surface area (TPSA) is 55.8 Å². The highest BCUT2D eigenvalue weighted by molar-refractivity contribution is 5.87. The Kier molecular flexibility index (Phi) is 2.66. The lowest BCUT2D eigenvalue weighted by Gasteiger charge is -2.00. The van der Waals surface area contributed by atoms with Crippen LogP contribution in [0.15, 0.2) is 24.3 Å². The third-order valence-electron chi connectivity index (χ3n) is 1.26. The van der Waals surface area contributed by atoms with E-state index in [-0.39, 0.29) is 5.56 Å². The van der Waals surface area contributed by atoms with Gasteiger partial charge in [0, 0.05) is 0 Å². The van der Waals surface area contributed by atoms with E-state index >= 15 is 0 Å². The zero-order valence-corrected chi connectivity index (χ0v) is 6.48. The van der Waals surface area contributed by atoms with Gasteiger partial charge in [-0.3, -0.25) is 0 Å². The van der Waals surface area contributed by atoms with Gasteiger partial charge < -0.3 is 9.99 Å². The van der Waals surface area contributed by atoms with E-state index in [0.717, 1.165) is 0 Å². The van der Waals surface area contributed by atoms with Crippen molar-refractivity contribution in [2.75, 3.05) is 7.11 Å². The monoisotopic (exact) mass is 168 g/mol. The molecule has 0 spiro atoms. The van der Waals surface area contributed by atoms with Gasteiger partial charge in [-0.05, 0) is 18.2 Å².